The summed E-state index contributed by atoms with van der Waals surface area (Å²) in [6.07, 6.45) is 0.645. The average molecular weight is 383 g/mol. The number of ether oxygens (including phenoxy) is 1. The molecule has 1 N–H and O–H groups in total. The number of nitro benzene ring substituents is 1. The summed E-state index contributed by atoms with van der Waals surface area (Å²) in [5.41, 5.74) is -0.147. The third-order valence-corrected chi connectivity index (χ3v) is 4.65. The van der Waals surface area contributed by atoms with E-state index in [0.717, 1.165) is 4.88 Å². The molecule has 1 amide bonds. The highest BCUT2D eigenvalue weighted by Gasteiger charge is 2.14. The van der Waals surface area contributed by atoms with E-state index in [0.29, 0.717) is 17.8 Å². The number of hydrogen-bond acceptors (Lipinski definition) is 6. The monoisotopic (exact) mass is 382 g/mol. The van der Waals surface area contributed by atoms with Crippen molar-refractivity contribution in [3.05, 3.63) is 55.2 Å². The van der Waals surface area contributed by atoms with Crippen molar-refractivity contribution in [2.45, 2.75) is 13.3 Å². The molecule has 9 heteroatoms. The van der Waals surface area contributed by atoms with Crippen LogP contribution in [0.1, 0.15) is 21.5 Å². The Hall–Kier alpha value is -2.45. The molecule has 0 unspecified atom stereocenters. The van der Waals surface area contributed by atoms with Gasteiger partial charge in [-0.05, 0) is 24.6 Å². The molecular formula is C16H15ClN2O5S. The van der Waals surface area contributed by atoms with Crippen LogP contribution in [0.5, 0.6) is 5.75 Å². The van der Waals surface area contributed by atoms with Crippen molar-refractivity contribution in [1.29, 1.82) is 0 Å². The first kappa shape index (κ1) is 18.9. The number of amides is 1. The van der Waals surface area contributed by atoms with Crippen molar-refractivity contribution in [1.82, 2.24) is 5.32 Å². The Morgan fingerprint density at radius 2 is 2.08 bits per heavy atom. The number of ketones is 1. The second-order valence-corrected chi connectivity index (χ2v) is 6.66. The van der Waals surface area contributed by atoms with Crippen LogP contribution in [0.3, 0.4) is 0 Å². The number of nitro groups is 1. The minimum absolute atomic E-state index is 0.0733. The first-order valence-corrected chi connectivity index (χ1v) is 8.49. The molecule has 0 fully saturated rings. The predicted octanol–water partition coefficient (Wildman–Crippen LogP) is 3.25. The lowest BCUT2D eigenvalue weighted by Gasteiger charge is -2.06. The van der Waals surface area contributed by atoms with Crippen LogP contribution in [0.25, 0.3) is 0 Å². The molecule has 0 aliphatic carbocycles. The molecule has 0 spiro atoms. The SMILES string of the molecule is CC(=O)NCCc1ccc(C(=O)COc2ccc([N+](=O)[O-])cc2Cl)s1. The molecular weight excluding hydrogens is 368 g/mol. The zero-order valence-electron chi connectivity index (χ0n) is 13.3. The van der Waals surface area contributed by atoms with Crippen LogP contribution in [0.15, 0.2) is 30.3 Å². The number of benzene rings is 1. The molecule has 0 aliphatic heterocycles. The van der Waals surface area contributed by atoms with E-state index in [4.69, 9.17) is 16.3 Å². The maximum Gasteiger partial charge on any atom is 0.271 e. The average Bonchev–Trinajstić information content (AvgIpc) is 3.02. The van der Waals surface area contributed by atoms with Gasteiger partial charge in [0, 0.05) is 30.5 Å². The van der Waals surface area contributed by atoms with Gasteiger partial charge < -0.3 is 10.1 Å². The number of nitrogens with one attached hydrogen (secondary N) is 1. The standard InChI is InChI=1S/C16H15ClN2O5S/c1-10(20)18-7-6-12-3-5-16(25-12)14(21)9-24-15-4-2-11(19(22)23)8-13(15)17/h2-5,8H,6-7,9H2,1H3,(H,18,20). The van der Waals surface area contributed by atoms with Gasteiger partial charge in [-0.25, -0.2) is 0 Å². The van der Waals surface area contributed by atoms with Crippen LogP contribution >= 0.6 is 22.9 Å². The van der Waals surface area contributed by atoms with Gasteiger partial charge in [0.05, 0.1) is 14.8 Å². The van der Waals surface area contributed by atoms with E-state index in [9.17, 15) is 19.7 Å². The molecule has 7 nitrogen and oxygen atoms in total. The highest BCUT2D eigenvalue weighted by Crippen LogP contribution is 2.29. The highest BCUT2D eigenvalue weighted by molar-refractivity contribution is 7.14. The fraction of sp³-hybridized carbons (Fsp3) is 0.250. The molecule has 2 rings (SSSR count). The minimum Gasteiger partial charge on any atom is -0.484 e. The van der Waals surface area contributed by atoms with Gasteiger partial charge in [-0.3, -0.25) is 19.7 Å². The largest absolute Gasteiger partial charge is 0.484 e. The van der Waals surface area contributed by atoms with E-state index in [1.165, 1.54) is 36.5 Å². The van der Waals surface area contributed by atoms with Gasteiger partial charge in [0.1, 0.15) is 5.75 Å². The molecule has 0 radical (unpaired) electrons. The normalized spacial score (nSPS) is 10.3. The lowest BCUT2D eigenvalue weighted by Crippen LogP contribution is -2.22. The Labute approximate surface area is 152 Å². The molecule has 25 heavy (non-hydrogen) atoms. The first-order valence-electron chi connectivity index (χ1n) is 7.30. The summed E-state index contributed by atoms with van der Waals surface area (Å²) in [6.45, 7) is 1.74. The maximum atomic E-state index is 12.2. The molecule has 1 aromatic carbocycles. The Morgan fingerprint density at radius 3 is 2.72 bits per heavy atom. The van der Waals surface area contributed by atoms with Crippen LogP contribution < -0.4 is 10.1 Å². The third-order valence-electron chi connectivity index (χ3n) is 3.17. The van der Waals surface area contributed by atoms with Crippen molar-refractivity contribution >= 4 is 40.3 Å². The molecule has 132 valence electrons. The maximum absolute atomic E-state index is 12.2. The first-order chi connectivity index (χ1) is 11.9. The molecule has 0 saturated carbocycles. The lowest BCUT2D eigenvalue weighted by molar-refractivity contribution is -0.384. The fourth-order valence-corrected chi connectivity index (χ4v) is 3.12. The summed E-state index contributed by atoms with van der Waals surface area (Å²) in [4.78, 5) is 34.6. The second-order valence-electron chi connectivity index (χ2n) is 5.08. The van der Waals surface area contributed by atoms with Crippen LogP contribution in [0, 0.1) is 10.1 Å². The number of carbonyl (C=O) groups excluding carboxylic acids is 2. The van der Waals surface area contributed by atoms with Crippen molar-refractivity contribution in [3.63, 3.8) is 0 Å². The van der Waals surface area contributed by atoms with E-state index in [-0.39, 0.29) is 34.8 Å². The molecule has 0 bridgehead atoms. The number of thiophene rings is 1. The molecule has 0 aliphatic rings. The number of halogens is 1. The van der Waals surface area contributed by atoms with E-state index < -0.39 is 4.92 Å². The quantitative estimate of drug-likeness (QED) is 0.429. The smallest absolute Gasteiger partial charge is 0.271 e. The predicted molar refractivity (Wildman–Crippen MR) is 94.6 cm³/mol. The highest BCUT2D eigenvalue weighted by atomic mass is 35.5. The Kier molecular flexibility index (Phi) is 6.49. The molecule has 0 saturated heterocycles. The van der Waals surface area contributed by atoms with Gasteiger partial charge in [-0.15, -0.1) is 11.3 Å². The lowest BCUT2D eigenvalue weighted by atomic mass is 10.3. The summed E-state index contributed by atoms with van der Waals surface area (Å²) >= 11 is 7.25. The van der Waals surface area contributed by atoms with E-state index in [1.54, 1.807) is 6.07 Å². The van der Waals surface area contributed by atoms with E-state index in [1.807, 2.05) is 6.07 Å². The van der Waals surface area contributed by atoms with E-state index >= 15 is 0 Å². The summed E-state index contributed by atoms with van der Waals surface area (Å²) in [7, 11) is 0. The Bertz CT molecular complexity index is 806. The number of nitrogens with zero attached hydrogens (tertiary/aromatic N) is 1. The topological polar surface area (TPSA) is 98.5 Å². The summed E-state index contributed by atoms with van der Waals surface area (Å²) in [6, 6.07) is 7.33. The molecule has 1 aromatic heterocycles. The number of hydrogen-bond donors (Lipinski definition) is 1. The Morgan fingerprint density at radius 1 is 1.32 bits per heavy atom. The summed E-state index contributed by atoms with van der Waals surface area (Å²) < 4.78 is 5.36. The van der Waals surface area contributed by atoms with Gasteiger partial charge in [0.25, 0.3) is 5.69 Å². The van der Waals surface area contributed by atoms with Gasteiger partial charge in [0.15, 0.2) is 6.61 Å². The summed E-state index contributed by atoms with van der Waals surface area (Å²) in [5.74, 6) is -0.102. The molecule has 1 heterocycles. The van der Waals surface area contributed by atoms with E-state index in [2.05, 4.69) is 5.32 Å². The van der Waals surface area contributed by atoms with Crippen LogP contribution in [-0.2, 0) is 11.2 Å². The van der Waals surface area contributed by atoms with Crippen molar-refractivity contribution in [2.24, 2.45) is 0 Å². The van der Waals surface area contributed by atoms with Crippen molar-refractivity contribution in [3.8, 4) is 5.75 Å². The molecule has 2 aromatic rings. The van der Waals surface area contributed by atoms with Crippen LogP contribution in [0.2, 0.25) is 5.02 Å². The summed E-state index contributed by atoms with van der Waals surface area (Å²) in [5, 5.41) is 13.4. The Balaban J connectivity index is 1.91. The number of carbonyl (C=O) groups is 2. The van der Waals surface area contributed by atoms with Crippen LogP contribution in [-0.4, -0.2) is 29.8 Å². The van der Waals surface area contributed by atoms with Crippen LogP contribution in [0.4, 0.5) is 5.69 Å². The number of rotatable bonds is 8. The zero-order chi connectivity index (χ0) is 18.4. The third kappa shape index (κ3) is 5.54. The molecule has 0 atom stereocenters. The van der Waals surface area contributed by atoms with Gasteiger partial charge in [-0.2, -0.15) is 0 Å². The number of Topliss-reactive ketones (excluding diaryl/α,β-unsaturated/α-hetero) is 1. The van der Waals surface area contributed by atoms with Gasteiger partial charge >= 0.3 is 0 Å². The van der Waals surface area contributed by atoms with Crippen molar-refractivity contribution < 1.29 is 19.2 Å². The fourth-order valence-electron chi connectivity index (χ4n) is 1.96. The van der Waals surface area contributed by atoms with Crippen molar-refractivity contribution in [2.75, 3.05) is 13.2 Å². The van der Waals surface area contributed by atoms with Gasteiger partial charge in [0.2, 0.25) is 11.7 Å². The second kappa shape index (κ2) is 8.59. The zero-order valence-corrected chi connectivity index (χ0v) is 14.9. The van der Waals surface area contributed by atoms with Gasteiger partial charge in [-0.1, -0.05) is 11.6 Å². The minimum atomic E-state index is -0.561. The number of non-ortho nitro benzene ring substituents is 1.